The Morgan fingerprint density at radius 2 is 1.74 bits per heavy atom. The molecule has 1 heterocycles. The van der Waals surface area contributed by atoms with E-state index in [1.807, 2.05) is 0 Å². The molecular weight excluding hydrogens is 773 g/mol. The third-order valence-corrected chi connectivity index (χ3v) is 12.0. The van der Waals surface area contributed by atoms with Crippen molar-refractivity contribution >= 4 is 52.4 Å². The molecule has 0 bridgehead atoms. The lowest BCUT2D eigenvalue weighted by atomic mass is 9.71. The SMILES string of the molecule is COc1cccc2c1C(=O)c1c(O)c3c(c(O)c1C2=O)C[C@@](O)(/C(CO)=N/NC(=O)Cc1ccc(N2C(=O)C=C(SC)C2=O)cc1)C[C@@H]3OC1CC(C)C(O)C(N)C1. The third-order valence-electron chi connectivity index (χ3n) is 11.3. The van der Waals surface area contributed by atoms with Gasteiger partial charge in [-0.25, -0.2) is 10.3 Å². The van der Waals surface area contributed by atoms with E-state index >= 15 is 0 Å². The number of ether oxygens (including phenoxy) is 2. The molecule has 17 heteroatoms. The van der Waals surface area contributed by atoms with Crippen molar-refractivity contribution in [3.63, 3.8) is 0 Å². The number of hydrogen-bond donors (Lipinski definition) is 7. The van der Waals surface area contributed by atoms with Crippen molar-refractivity contribution in [2.24, 2.45) is 16.8 Å². The number of ketones is 2. The van der Waals surface area contributed by atoms with Gasteiger partial charge in [-0.15, -0.1) is 11.8 Å². The lowest BCUT2D eigenvalue weighted by molar-refractivity contribution is -0.121. The normalized spacial score (nSPS) is 25.6. The number of nitrogens with one attached hydrogen (secondary N) is 1. The van der Waals surface area contributed by atoms with Crippen LogP contribution in [0.25, 0.3) is 0 Å². The Hall–Kier alpha value is -5.43. The summed E-state index contributed by atoms with van der Waals surface area (Å²) < 4.78 is 11.9. The lowest BCUT2D eigenvalue weighted by Gasteiger charge is -2.43. The maximum atomic E-state index is 14.0. The number of carbonyl (C=O) groups excluding carboxylic acids is 5. The van der Waals surface area contributed by atoms with Gasteiger partial charge in [0.15, 0.2) is 5.78 Å². The zero-order valence-electron chi connectivity index (χ0n) is 31.7. The van der Waals surface area contributed by atoms with Crippen molar-refractivity contribution in [2.75, 3.05) is 24.9 Å². The largest absolute Gasteiger partial charge is 0.507 e. The number of rotatable bonds is 10. The summed E-state index contributed by atoms with van der Waals surface area (Å²) in [5, 5.41) is 61.2. The molecule has 0 radical (unpaired) electrons. The second kappa shape index (κ2) is 15.7. The summed E-state index contributed by atoms with van der Waals surface area (Å²) in [7, 11) is 1.33. The summed E-state index contributed by atoms with van der Waals surface area (Å²) in [6, 6.07) is 9.88. The van der Waals surface area contributed by atoms with Gasteiger partial charge in [0, 0.05) is 41.6 Å². The van der Waals surface area contributed by atoms with E-state index in [0.29, 0.717) is 22.6 Å². The van der Waals surface area contributed by atoms with Crippen molar-refractivity contribution in [1.29, 1.82) is 0 Å². The average molecular weight is 815 g/mol. The van der Waals surface area contributed by atoms with E-state index in [4.69, 9.17) is 15.2 Å². The van der Waals surface area contributed by atoms with Crippen molar-refractivity contribution in [3.8, 4) is 17.2 Å². The van der Waals surface area contributed by atoms with Crippen molar-refractivity contribution in [1.82, 2.24) is 5.43 Å². The summed E-state index contributed by atoms with van der Waals surface area (Å²) in [5.74, 6) is -4.66. The minimum Gasteiger partial charge on any atom is -0.507 e. The van der Waals surface area contributed by atoms with Gasteiger partial charge in [0.2, 0.25) is 11.7 Å². The maximum absolute atomic E-state index is 14.0. The molecule has 8 N–H and O–H groups in total. The highest BCUT2D eigenvalue weighted by Gasteiger charge is 2.49. The molecular formula is C41H42N4O12S. The molecule has 3 aromatic rings. The van der Waals surface area contributed by atoms with Gasteiger partial charge in [0.05, 0.1) is 71.4 Å². The second-order valence-electron chi connectivity index (χ2n) is 14.9. The number of phenolic OH excluding ortho intramolecular Hbond substituents is 2. The molecule has 4 aliphatic rings. The molecule has 0 spiro atoms. The predicted octanol–water partition coefficient (Wildman–Crippen LogP) is 1.93. The number of hydrazone groups is 1. The Morgan fingerprint density at radius 3 is 2.38 bits per heavy atom. The maximum Gasteiger partial charge on any atom is 0.271 e. The van der Waals surface area contributed by atoms with Crippen LogP contribution in [0.3, 0.4) is 0 Å². The molecule has 3 amide bonds. The summed E-state index contributed by atoms with van der Waals surface area (Å²) in [6.45, 7) is 0.916. The Kier molecular flexibility index (Phi) is 11.1. The first-order valence-electron chi connectivity index (χ1n) is 18.5. The van der Waals surface area contributed by atoms with Crippen LogP contribution in [0.5, 0.6) is 17.2 Å². The molecule has 3 aromatic carbocycles. The second-order valence-corrected chi connectivity index (χ2v) is 15.8. The van der Waals surface area contributed by atoms with Crippen LogP contribution in [-0.2, 0) is 32.0 Å². The highest BCUT2D eigenvalue weighted by molar-refractivity contribution is 8.03. The van der Waals surface area contributed by atoms with Gasteiger partial charge >= 0.3 is 0 Å². The minimum absolute atomic E-state index is 0.0599. The standard InChI is InChI=1S/C41H42N4O12S/c1-18-11-21(13-24(42)35(18)49)57-26-16-41(55,15-23-32(26)39(53)34-33(37(23)51)36(50)22-5-4-6-25(56-2)31(22)38(34)52)28(17-46)43-44-29(47)12-19-7-9-20(10-8-19)45-30(48)14-27(58-3)40(45)54/h4-10,14,18,21,24,26,35,46,49,51,53,55H,11-13,15-17,42H2,1-3H3,(H,44,47)/b43-28+/t18?,21?,24?,26-,35?,41-/m0/s1. The number of thioether (sulfide) groups is 1. The van der Waals surface area contributed by atoms with Crippen LogP contribution in [0.4, 0.5) is 5.69 Å². The monoisotopic (exact) mass is 814 g/mol. The molecule has 16 nitrogen and oxygen atoms in total. The number of methoxy groups -OCH3 is 1. The number of amides is 3. The molecule has 3 aliphatic carbocycles. The summed E-state index contributed by atoms with van der Waals surface area (Å²) >= 11 is 1.16. The van der Waals surface area contributed by atoms with Gasteiger partial charge in [-0.2, -0.15) is 5.10 Å². The molecule has 304 valence electrons. The van der Waals surface area contributed by atoms with E-state index in [0.717, 1.165) is 16.7 Å². The fraction of sp³-hybridized carbons (Fsp3) is 0.366. The highest BCUT2D eigenvalue weighted by Crippen LogP contribution is 2.53. The highest BCUT2D eigenvalue weighted by atomic mass is 32.2. The fourth-order valence-electron chi connectivity index (χ4n) is 8.36. The van der Waals surface area contributed by atoms with Crippen LogP contribution in [0.15, 0.2) is 58.5 Å². The molecule has 0 aromatic heterocycles. The van der Waals surface area contributed by atoms with Gasteiger partial charge in [-0.05, 0) is 48.8 Å². The molecule has 6 atom stereocenters. The molecule has 4 unspecified atom stereocenters. The Balaban J connectivity index is 1.20. The van der Waals surface area contributed by atoms with Crippen LogP contribution in [0.1, 0.15) is 80.8 Å². The minimum atomic E-state index is -2.15. The lowest BCUT2D eigenvalue weighted by Crippen LogP contribution is -2.50. The predicted molar refractivity (Wildman–Crippen MR) is 210 cm³/mol. The number of nitrogens with two attached hydrogens (primary N) is 1. The van der Waals surface area contributed by atoms with Gasteiger partial charge in [-0.3, -0.25) is 24.0 Å². The molecule has 1 fully saturated rings. The number of aliphatic hydroxyl groups excluding tert-OH is 2. The Bertz CT molecular complexity index is 2300. The van der Waals surface area contributed by atoms with Crippen molar-refractivity contribution in [2.45, 2.75) is 69.0 Å². The quantitative estimate of drug-likeness (QED) is 0.0523. The number of nitrogens with zero attached hydrogens (tertiary/aromatic N) is 2. The molecule has 1 aliphatic heterocycles. The molecule has 7 rings (SSSR count). The van der Waals surface area contributed by atoms with E-state index in [9.17, 15) is 49.5 Å². The molecule has 58 heavy (non-hydrogen) atoms. The Morgan fingerprint density at radius 1 is 1.03 bits per heavy atom. The Labute approximate surface area is 336 Å². The van der Waals surface area contributed by atoms with E-state index in [1.54, 1.807) is 25.3 Å². The zero-order valence-corrected chi connectivity index (χ0v) is 32.5. The number of fused-ring (bicyclic) bond motifs is 3. The fourth-order valence-corrected chi connectivity index (χ4v) is 8.84. The average Bonchev–Trinajstić information content (AvgIpc) is 3.49. The number of aromatic hydroxyl groups is 2. The number of imide groups is 1. The molecule has 0 saturated heterocycles. The van der Waals surface area contributed by atoms with Gasteiger partial charge in [-0.1, -0.05) is 31.2 Å². The van der Waals surface area contributed by atoms with Crippen LogP contribution in [0.2, 0.25) is 0 Å². The summed E-state index contributed by atoms with van der Waals surface area (Å²) in [6.07, 6.45) is -0.403. The van der Waals surface area contributed by atoms with Crippen LogP contribution in [0, 0.1) is 5.92 Å². The summed E-state index contributed by atoms with van der Waals surface area (Å²) in [5.41, 5.74) is 5.59. The summed E-state index contributed by atoms with van der Waals surface area (Å²) in [4.78, 5) is 67.4. The van der Waals surface area contributed by atoms with E-state index in [-0.39, 0.29) is 52.5 Å². The van der Waals surface area contributed by atoms with Crippen molar-refractivity contribution in [3.05, 3.63) is 92.4 Å². The van der Waals surface area contributed by atoms with E-state index in [1.165, 1.54) is 43.5 Å². The van der Waals surface area contributed by atoms with Gasteiger partial charge in [0.1, 0.15) is 22.8 Å². The number of benzene rings is 3. The topological polar surface area (TPSA) is 259 Å². The first-order chi connectivity index (χ1) is 27.6. The number of aliphatic hydroxyl groups is 3. The van der Waals surface area contributed by atoms with Crippen LogP contribution < -0.4 is 20.8 Å². The third kappa shape index (κ3) is 6.96. The van der Waals surface area contributed by atoms with E-state index < -0.39 is 101 Å². The van der Waals surface area contributed by atoms with Crippen LogP contribution in [-0.4, -0.2) is 104 Å². The van der Waals surface area contributed by atoms with Crippen LogP contribution >= 0.6 is 11.8 Å². The number of phenols is 2. The molecule has 1 saturated carbocycles. The zero-order chi connectivity index (χ0) is 41.8. The number of hydrogen-bond acceptors (Lipinski definition) is 15. The number of anilines is 1. The number of carbonyl (C=O) groups is 5. The smallest absolute Gasteiger partial charge is 0.271 e. The van der Waals surface area contributed by atoms with Crippen molar-refractivity contribution < 1.29 is 59.0 Å². The van der Waals surface area contributed by atoms with Gasteiger partial charge < -0.3 is 40.7 Å². The van der Waals surface area contributed by atoms with Gasteiger partial charge in [0.25, 0.3) is 11.8 Å². The first kappa shape index (κ1) is 40.8. The first-order valence-corrected chi connectivity index (χ1v) is 19.7. The van der Waals surface area contributed by atoms with E-state index in [2.05, 4.69) is 10.5 Å².